The van der Waals surface area contributed by atoms with Gasteiger partial charge in [0.25, 0.3) is 31.8 Å². The van der Waals surface area contributed by atoms with Crippen LogP contribution in [0.15, 0.2) is 22.2 Å². The van der Waals surface area contributed by atoms with Crippen LogP contribution < -0.4 is 21.4 Å². The predicted octanol–water partition coefficient (Wildman–Crippen LogP) is -3.53. The fourth-order valence-electron chi connectivity index (χ4n) is 5.90. The van der Waals surface area contributed by atoms with Crippen LogP contribution in [0.1, 0.15) is 18.3 Å². The Morgan fingerprint density at radius 3 is 2.28 bits per heavy atom. The van der Waals surface area contributed by atoms with Crippen molar-refractivity contribution in [3.05, 3.63) is 39.2 Å². The second-order valence-corrected chi connectivity index (χ2v) is 17.2. The van der Waals surface area contributed by atoms with Crippen molar-refractivity contribution in [2.75, 3.05) is 26.1 Å². The fraction of sp³-hybridized carbons (Fsp3) is 0.565. The van der Waals surface area contributed by atoms with Crippen molar-refractivity contribution in [3.63, 3.8) is 0 Å². The number of ether oxygens (including phenoxy) is 3. The number of nitrogens with zero attached hydrogens (tertiary/aromatic N) is 6. The van der Waals surface area contributed by atoms with Crippen molar-refractivity contribution < 1.29 is 75.2 Å². The summed E-state index contributed by atoms with van der Waals surface area (Å²) >= 11 is 0. The van der Waals surface area contributed by atoms with E-state index in [-0.39, 0.29) is 34.1 Å². The molecule has 0 aliphatic carbocycles. The van der Waals surface area contributed by atoms with Crippen LogP contribution in [0.4, 0.5) is 5.95 Å². The summed E-state index contributed by atoms with van der Waals surface area (Å²) < 4.78 is 77.6. The smallest absolute Gasteiger partial charge is 0.387 e. The highest BCUT2D eigenvalue weighted by Gasteiger charge is 2.50. The van der Waals surface area contributed by atoms with Crippen LogP contribution in [-0.2, 0) is 52.6 Å². The highest BCUT2D eigenvalue weighted by atomic mass is 31.3. The number of hydrogen-bond acceptors (Lipinski definition) is 19. The number of imidazole rings is 2. The van der Waals surface area contributed by atoms with E-state index < -0.39 is 96.5 Å². The van der Waals surface area contributed by atoms with E-state index in [0.29, 0.717) is 7.57 Å². The van der Waals surface area contributed by atoms with Crippen LogP contribution in [0.2, 0.25) is 0 Å². The summed E-state index contributed by atoms with van der Waals surface area (Å²) in [5.41, 5.74) is 4.56. The molecule has 0 amide bonds. The van der Waals surface area contributed by atoms with E-state index in [1.807, 2.05) is 0 Å². The third-order valence-electron chi connectivity index (χ3n) is 8.14. The van der Waals surface area contributed by atoms with Gasteiger partial charge in [0.2, 0.25) is 18.5 Å². The number of aryl methyl sites for hydroxylation is 2. The molecule has 2 saturated heterocycles. The number of hydrogen-bond donors (Lipinski definition) is 8. The van der Waals surface area contributed by atoms with E-state index in [1.54, 1.807) is 0 Å². The van der Waals surface area contributed by atoms with Gasteiger partial charge in [-0.2, -0.15) is 13.9 Å². The molecule has 6 rings (SSSR count). The summed E-state index contributed by atoms with van der Waals surface area (Å²) in [6.45, 7) is -0.160. The zero-order valence-electron chi connectivity index (χ0n) is 27.9. The number of fused-ring (bicyclic) bond motifs is 2. The molecule has 11 atom stereocenters. The molecule has 6 heterocycles. The number of aliphatic hydroxyl groups excluding tert-OH is 3. The lowest BCUT2D eigenvalue weighted by atomic mass is 10.1. The number of phosphoric acid groups is 2. The topological polar surface area (TPSA) is 361 Å². The third kappa shape index (κ3) is 7.96. The molecule has 290 valence electrons. The number of phosphoric ester groups is 1. The van der Waals surface area contributed by atoms with E-state index in [1.165, 1.54) is 47.4 Å². The number of rotatable bonds is 13. The van der Waals surface area contributed by atoms with Gasteiger partial charge < -0.3 is 54.6 Å². The highest BCUT2D eigenvalue weighted by molar-refractivity contribution is 7.84. The van der Waals surface area contributed by atoms with Gasteiger partial charge in [-0.1, -0.05) is 0 Å². The van der Waals surface area contributed by atoms with Crippen molar-refractivity contribution in [1.29, 1.82) is 0 Å². The Bertz CT molecular complexity index is 2300. The van der Waals surface area contributed by atoms with Crippen LogP contribution >= 0.6 is 23.1 Å². The molecule has 0 bridgehead atoms. The van der Waals surface area contributed by atoms with Crippen molar-refractivity contribution in [3.8, 4) is 0 Å². The summed E-state index contributed by atoms with van der Waals surface area (Å²) in [5, 5.41) is 32.2. The van der Waals surface area contributed by atoms with E-state index >= 15 is 0 Å². The number of anilines is 1. The van der Waals surface area contributed by atoms with Crippen LogP contribution in [0.25, 0.3) is 22.3 Å². The Morgan fingerprint density at radius 1 is 0.925 bits per heavy atom. The largest absolute Gasteiger partial charge is 0.487 e. The zero-order valence-corrected chi connectivity index (χ0v) is 30.6. The summed E-state index contributed by atoms with van der Waals surface area (Å²) in [5.74, 6) is 0.00561. The molecule has 2 aliphatic rings. The molecular weight excluding hydrogens is 778 g/mol. The molecule has 26 nitrogen and oxygen atoms in total. The predicted molar refractivity (Wildman–Crippen MR) is 175 cm³/mol. The highest BCUT2D eigenvalue weighted by Crippen LogP contribution is 2.67. The average Bonchev–Trinajstić information content (AvgIpc) is 3.76. The van der Waals surface area contributed by atoms with Crippen LogP contribution in [0.5, 0.6) is 0 Å². The van der Waals surface area contributed by atoms with Crippen LogP contribution in [0.3, 0.4) is 0 Å². The van der Waals surface area contributed by atoms with Gasteiger partial charge in [-0.25, -0.2) is 28.0 Å². The molecule has 0 spiro atoms. The first-order valence-corrected chi connectivity index (χ1v) is 20.2. The number of methoxy groups -OCH3 is 1. The van der Waals surface area contributed by atoms with Gasteiger partial charge in [-0.05, 0) is 6.92 Å². The minimum atomic E-state index is -5.72. The Balaban J connectivity index is 1.06. The molecule has 0 aromatic carbocycles. The van der Waals surface area contributed by atoms with Gasteiger partial charge >= 0.3 is 21.2 Å². The number of nitrogens with one attached hydrogen (secondary N) is 2. The van der Waals surface area contributed by atoms with Crippen LogP contribution in [-0.4, -0.2) is 124 Å². The summed E-state index contributed by atoms with van der Waals surface area (Å²) in [4.78, 5) is 62.0. The normalized spacial score (nSPS) is 29.7. The molecule has 0 saturated carbocycles. The SMILES string of the molecule is BP(=O)(OC[C@H]1O[C@@H](n2c[n+](C)c3c(=O)[nH]c(N)nc32)[C@@H](O)C1O)OP(=O)(O)OP(=O)(O)OC[C@H]1O[C@@H](n2cnc3c(=O)[nH]c(C)nc32)[C@@H](O)C1OC. The Kier molecular flexibility index (Phi) is 10.8. The number of H-pyrrole nitrogens is 2. The quantitative estimate of drug-likeness (QED) is 0.0368. The zero-order chi connectivity index (χ0) is 38.8. The molecule has 53 heavy (non-hydrogen) atoms. The van der Waals surface area contributed by atoms with Gasteiger partial charge in [0.15, 0.2) is 17.4 Å². The number of nitrogens with two attached hydrogens (primary N) is 1. The van der Waals surface area contributed by atoms with E-state index in [9.17, 15) is 48.4 Å². The average molecular weight is 812 g/mol. The third-order valence-corrected chi connectivity index (χ3v) is 12.9. The maximum Gasteiger partial charge on any atom is 0.487 e. The number of aromatic amines is 2. The van der Waals surface area contributed by atoms with Gasteiger partial charge in [-0.3, -0.25) is 28.2 Å². The molecule has 4 aromatic rings. The van der Waals surface area contributed by atoms with Crippen molar-refractivity contribution in [1.82, 2.24) is 34.1 Å². The van der Waals surface area contributed by atoms with Gasteiger partial charge in [0.1, 0.15) is 42.4 Å². The minimum absolute atomic E-state index is 0.00434. The standard InChI is InChI=1S/C23H33BN9O17P3/c1-8-27-17-11(19(37)28-8)26-6-32(17)22-15(36)16(44-3)10(48-22)5-46-52(40,41)50-53(42,43)49-51(24,39)45-4-9-13(34)14(35)21(47-9)33-7-31(2)12-18(33)29-23(25)30-20(12)38/h6-7,9-10,13-16,21-22,34-36H,4-5,24H2,1-3H3,(H5-,25,27,28,29,30,37,38,40,41,42,43)/p+1/t9-,10-,13?,14+,15+,16?,21-,22-,51?/m1/s1. The maximum atomic E-state index is 13.0. The monoisotopic (exact) mass is 812 g/mol. The van der Waals surface area contributed by atoms with Gasteiger partial charge in [0, 0.05) is 7.11 Å². The molecule has 0 radical (unpaired) electrons. The van der Waals surface area contributed by atoms with E-state index in [2.05, 4.69) is 33.5 Å². The van der Waals surface area contributed by atoms with Gasteiger partial charge in [0.05, 0.1) is 26.6 Å². The number of aromatic nitrogens is 8. The summed E-state index contributed by atoms with van der Waals surface area (Å²) in [7, 11) is -12.5. The summed E-state index contributed by atoms with van der Waals surface area (Å²) in [6.07, 6.45) is -8.83. The first-order valence-electron chi connectivity index (χ1n) is 15.2. The molecule has 4 aromatic heterocycles. The Hall–Kier alpha value is -3.23. The lowest BCUT2D eigenvalue weighted by molar-refractivity contribution is -0.646. The molecule has 5 unspecified atom stereocenters. The van der Waals surface area contributed by atoms with Crippen molar-refractivity contribution in [2.45, 2.75) is 56.0 Å². The molecule has 2 aliphatic heterocycles. The first kappa shape index (κ1) is 39.5. The number of aliphatic hydroxyl groups is 3. The Labute approximate surface area is 296 Å². The van der Waals surface area contributed by atoms with Crippen molar-refractivity contribution >= 4 is 59.0 Å². The lowest BCUT2D eigenvalue weighted by Gasteiger charge is -2.23. The second kappa shape index (κ2) is 14.4. The minimum Gasteiger partial charge on any atom is -0.387 e. The molecule has 2 fully saturated rings. The second-order valence-electron chi connectivity index (χ2n) is 12.0. The number of nitrogen functional groups attached to an aromatic ring is 1. The molecular formula is C23H34BN9O17P3+. The lowest BCUT2D eigenvalue weighted by Crippen LogP contribution is -2.35. The van der Waals surface area contributed by atoms with E-state index in [4.69, 9.17) is 29.0 Å². The maximum absolute atomic E-state index is 13.0. The Morgan fingerprint density at radius 2 is 1.58 bits per heavy atom. The molecule has 9 N–H and O–H groups in total. The fourth-order valence-corrected chi connectivity index (χ4v) is 9.97. The van der Waals surface area contributed by atoms with Crippen molar-refractivity contribution in [2.24, 2.45) is 7.05 Å². The molecule has 30 heteroatoms. The first-order chi connectivity index (χ1) is 24.7. The van der Waals surface area contributed by atoms with Crippen LogP contribution in [0, 0.1) is 6.92 Å². The van der Waals surface area contributed by atoms with E-state index in [0.717, 1.165) is 0 Å². The summed E-state index contributed by atoms with van der Waals surface area (Å²) in [6, 6.07) is 0. The van der Waals surface area contributed by atoms with Gasteiger partial charge in [-0.15, -0.1) is 0 Å².